The first-order chi connectivity index (χ1) is 6.85. The van der Waals surface area contributed by atoms with Crippen molar-refractivity contribution in [1.29, 1.82) is 0 Å². The second kappa shape index (κ2) is 4.89. The van der Waals surface area contributed by atoms with E-state index in [1.165, 1.54) is 19.3 Å². The molecule has 1 aliphatic rings. The van der Waals surface area contributed by atoms with Gasteiger partial charge in [-0.25, -0.2) is 0 Å². The third kappa shape index (κ3) is 2.86. The summed E-state index contributed by atoms with van der Waals surface area (Å²) in [5.41, 5.74) is 0.294. The Morgan fingerprint density at radius 2 is 2.07 bits per heavy atom. The molecule has 0 bridgehead atoms. The normalized spacial score (nSPS) is 36.8. The minimum atomic E-state index is 0.0202. The van der Waals surface area contributed by atoms with Crippen molar-refractivity contribution in [3.8, 4) is 0 Å². The molecular formula is C12H25NS2. The van der Waals surface area contributed by atoms with E-state index in [0.717, 1.165) is 13.0 Å². The Balaban J connectivity index is 2.84. The summed E-state index contributed by atoms with van der Waals surface area (Å²) in [6, 6.07) is 0. The molecule has 1 nitrogen and oxygen atoms in total. The third-order valence-electron chi connectivity index (χ3n) is 3.80. The summed E-state index contributed by atoms with van der Waals surface area (Å²) in [6.45, 7) is 10.2. The molecule has 90 valence electrons. The smallest absolute Gasteiger partial charge is 0.0627 e. The second-order valence-electron chi connectivity index (χ2n) is 5.29. The van der Waals surface area contributed by atoms with E-state index in [-0.39, 0.29) is 4.87 Å². The first-order valence-electron chi connectivity index (χ1n) is 6.04. The lowest BCUT2D eigenvalue weighted by atomic mass is 9.90. The molecule has 1 fully saturated rings. The van der Waals surface area contributed by atoms with Crippen molar-refractivity contribution < 1.29 is 0 Å². The van der Waals surface area contributed by atoms with Gasteiger partial charge >= 0.3 is 0 Å². The van der Waals surface area contributed by atoms with Gasteiger partial charge in [-0.15, -0.1) is 0 Å². The van der Waals surface area contributed by atoms with Crippen LogP contribution >= 0.6 is 25.3 Å². The zero-order valence-electron chi connectivity index (χ0n) is 10.5. The minimum absolute atomic E-state index is 0.0202. The zero-order chi connectivity index (χ0) is 11.7. The van der Waals surface area contributed by atoms with Crippen LogP contribution in [0, 0.1) is 0 Å². The second-order valence-corrected chi connectivity index (χ2v) is 6.98. The molecule has 1 rings (SSSR count). The number of likely N-dealkylation sites (tertiary alicyclic amines) is 1. The van der Waals surface area contributed by atoms with Crippen LogP contribution in [0.2, 0.25) is 0 Å². The minimum Gasteiger partial charge on any atom is -0.283 e. The van der Waals surface area contributed by atoms with Gasteiger partial charge < -0.3 is 0 Å². The number of thiol groups is 2. The van der Waals surface area contributed by atoms with E-state index in [1.807, 2.05) is 0 Å². The zero-order valence-corrected chi connectivity index (χ0v) is 12.2. The maximum Gasteiger partial charge on any atom is 0.0627 e. The lowest BCUT2D eigenvalue weighted by molar-refractivity contribution is 0.0688. The van der Waals surface area contributed by atoms with Crippen molar-refractivity contribution in [1.82, 2.24) is 4.90 Å². The Kier molecular flexibility index (Phi) is 4.47. The predicted octanol–water partition coefficient (Wildman–Crippen LogP) is 3.61. The quantitative estimate of drug-likeness (QED) is 0.718. The number of hydrogen-bond acceptors (Lipinski definition) is 3. The third-order valence-corrected chi connectivity index (χ3v) is 4.57. The Morgan fingerprint density at radius 3 is 2.40 bits per heavy atom. The van der Waals surface area contributed by atoms with Crippen molar-refractivity contribution in [2.24, 2.45) is 0 Å². The number of nitrogens with zero attached hydrogens (tertiary/aromatic N) is 1. The highest BCUT2D eigenvalue weighted by Gasteiger charge is 2.45. The van der Waals surface area contributed by atoms with Crippen molar-refractivity contribution in [2.75, 3.05) is 6.54 Å². The fourth-order valence-corrected chi connectivity index (χ4v) is 4.08. The Morgan fingerprint density at radius 1 is 1.47 bits per heavy atom. The van der Waals surface area contributed by atoms with E-state index in [2.05, 4.69) is 45.2 Å². The van der Waals surface area contributed by atoms with Crippen LogP contribution in [0.15, 0.2) is 0 Å². The molecule has 1 heterocycles. The van der Waals surface area contributed by atoms with Gasteiger partial charge in [-0.3, -0.25) is 4.90 Å². The fourth-order valence-electron chi connectivity index (χ4n) is 2.87. The summed E-state index contributed by atoms with van der Waals surface area (Å²) in [6.07, 6.45) is 4.76. The lowest BCUT2D eigenvalue weighted by Crippen LogP contribution is -2.52. The van der Waals surface area contributed by atoms with Gasteiger partial charge in [0.15, 0.2) is 0 Å². The van der Waals surface area contributed by atoms with Gasteiger partial charge in [0.25, 0.3) is 0 Å². The maximum atomic E-state index is 4.82. The Labute approximate surface area is 106 Å². The molecular weight excluding hydrogens is 222 g/mol. The topological polar surface area (TPSA) is 3.24 Å². The summed E-state index contributed by atoms with van der Waals surface area (Å²) < 4.78 is 0. The monoisotopic (exact) mass is 247 g/mol. The fraction of sp³-hybridized carbons (Fsp3) is 1.00. The highest BCUT2D eigenvalue weighted by Crippen LogP contribution is 2.42. The standard InChI is InChI=1S/C12H25NS2/c1-5-7-11(3,6-2)13-9-10(14)8-12(13,4)15/h10,14-15H,5-9H2,1-4H3/t10-,11?,12?/m0/s1. The molecule has 1 aliphatic heterocycles. The van der Waals surface area contributed by atoms with Crippen LogP contribution in [0.25, 0.3) is 0 Å². The van der Waals surface area contributed by atoms with E-state index in [0.29, 0.717) is 10.8 Å². The van der Waals surface area contributed by atoms with Crippen LogP contribution in [0.4, 0.5) is 0 Å². The van der Waals surface area contributed by atoms with Gasteiger partial charge in [-0.1, -0.05) is 20.3 Å². The molecule has 15 heavy (non-hydrogen) atoms. The molecule has 0 aromatic rings. The van der Waals surface area contributed by atoms with Crippen LogP contribution in [0.5, 0.6) is 0 Å². The van der Waals surface area contributed by atoms with Crippen LogP contribution < -0.4 is 0 Å². The van der Waals surface area contributed by atoms with Gasteiger partial charge in [0, 0.05) is 17.3 Å². The molecule has 1 saturated heterocycles. The van der Waals surface area contributed by atoms with E-state index < -0.39 is 0 Å². The Hall–Kier alpha value is 0.660. The SMILES string of the molecule is CCCC(C)(CC)N1C[C@@H](S)CC1(C)S. The molecule has 0 amide bonds. The number of rotatable bonds is 4. The van der Waals surface area contributed by atoms with E-state index in [1.54, 1.807) is 0 Å². The van der Waals surface area contributed by atoms with Crippen molar-refractivity contribution in [3.05, 3.63) is 0 Å². The molecule has 3 atom stereocenters. The first kappa shape index (κ1) is 13.7. The summed E-state index contributed by atoms with van der Waals surface area (Å²) in [4.78, 5) is 2.58. The van der Waals surface area contributed by atoms with E-state index >= 15 is 0 Å². The van der Waals surface area contributed by atoms with E-state index in [4.69, 9.17) is 12.6 Å². The molecule has 0 spiro atoms. The van der Waals surface area contributed by atoms with Gasteiger partial charge in [0.05, 0.1) is 4.87 Å². The van der Waals surface area contributed by atoms with Crippen molar-refractivity contribution in [2.45, 2.75) is 69.0 Å². The molecule has 2 unspecified atom stereocenters. The van der Waals surface area contributed by atoms with E-state index in [9.17, 15) is 0 Å². The number of hydrogen-bond donors (Lipinski definition) is 2. The van der Waals surface area contributed by atoms with Crippen LogP contribution in [-0.2, 0) is 0 Å². The summed E-state index contributed by atoms with van der Waals surface area (Å²) in [7, 11) is 0. The largest absolute Gasteiger partial charge is 0.283 e. The highest BCUT2D eigenvalue weighted by molar-refractivity contribution is 7.82. The van der Waals surface area contributed by atoms with Crippen LogP contribution in [0.1, 0.15) is 53.4 Å². The molecule has 0 aromatic carbocycles. The molecule has 0 radical (unpaired) electrons. The average Bonchev–Trinajstić information content (AvgIpc) is 2.40. The van der Waals surface area contributed by atoms with Crippen LogP contribution in [0.3, 0.4) is 0 Å². The average molecular weight is 247 g/mol. The molecule has 0 saturated carbocycles. The van der Waals surface area contributed by atoms with Gasteiger partial charge in [0.2, 0.25) is 0 Å². The summed E-state index contributed by atoms with van der Waals surface area (Å²) >= 11 is 9.43. The molecule has 0 N–H and O–H groups in total. The van der Waals surface area contributed by atoms with Gasteiger partial charge in [0.1, 0.15) is 0 Å². The van der Waals surface area contributed by atoms with Gasteiger partial charge in [-0.05, 0) is 33.1 Å². The maximum absolute atomic E-state index is 4.82. The molecule has 0 aromatic heterocycles. The summed E-state index contributed by atoms with van der Waals surface area (Å²) in [5, 5.41) is 0.482. The molecule has 3 heteroatoms. The predicted molar refractivity (Wildman–Crippen MR) is 75.1 cm³/mol. The van der Waals surface area contributed by atoms with Crippen LogP contribution in [-0.4, -0.2) is 27.1 Å². The first-order valence-corrected chi connectivity index (χ1v) is 7.00. The van der Waals surface area contributed by atoms with Crippen molar-refractivity contribution in [3.63, 3.8) is 0 Å². The van der Waals surface area contributed by atoms with Gasteiger partial charge in [-0.2, -0.15) is 25.3 Å². The summed E-state index contributed by atoms with van der Waals surface area (Å²) in [5.74, 6) is 0. The Bertz CT molecular complexity index is 218. The van der Waals surface area contributed by atoms with Crippen molar-refractivity contribution >= 4 is 25.3 Å². The lowest BCUT2D eigenvalue weighted by Gasteiger charge is -2.45. The molecule has 0 aliphatic carbocycles. The highest BCUT2D eigenvalue weighted by atomic mass is 32.1.